The molecule has 1 amide bonds. The summed E-state index contributed by atoms with van der Waals surface area (Å²) in [5.74, 6) is -1.95. The van der Waals surface area contributed by atoms with Gasteiger partial charge in [0.2, 0.25) is 5.91 Å². The van der Waals surface area contributed by atoms with E-state index in [1.54, 1.807) is 0 Å². The standard InChI is InChI=1S/C12H14N2O3/c1-7-3-2-4-8(14-7)6-13-11(15)9-5-10(9)12(16)17/h2-4,9-10H,5-6H2,1H3,(H,13,15)(H,16,17). The van der Waals surface area contributed by atoms with Crippen LogP contribution in [0.1, 0.15) is 17.8 Å². The van der Waals surface area contributed by atoms with Crippen LogP contribution in [-0.4, -0.2) is 22.0 Å². The third-order valence-electron chi connectivity index (χ3n) is 2.83. The summed E-state index contributed by atoms with van der Waals surface area (Å²) in [7, 11) is 0. The van der Waals surface area contributed by atoms with Gasteiger partial charge in [-0.25, -0.2) is 0 Å². The Hall–Kier alpha value is -1.91. The Bertz CT molecular complexity index is 459. The molecule has 90 valence electrons. The van der Waals surface area contributed by atoms with Crippen LogP contribution >= 0.6 is 0 Å². The lowest BCUT2D eigenvalue weighted by Crippen LogP contribution is -2.26. The van der Waals surface area contributed by atoms with Crippen LogP contribution in [0, 0.1) is 18.8 Å². The number of carbonyl (C=O) groups is 2. The number of hydrogen-bond donors (Lipinski definition) is 2. The number of aryl methyl sites for hydroxylation is 1. The molecule has 2 N–H and O–H groups in total. The minimum atomic E-state index is -0.890. The van der Waals surface area contributed by atoms with Gasteiger partial charge in [-0.05, 0) is 25.5 Å². The smallest absolute Gasteiger partial charge is 0.307 e. The molecule has 2 unspecified atom stereocenters. The molecule has 1 aliphatic carbocycles. The minimum absolute atomic E-state index is 0.194. The van der Waals surface area contributed by atoms with Gasteiger partial charge < -0.3 is 10.4 Å². The molecule has 1 aliphatic rings. The fraction of sp³-hybridized carbons (Fsp3) is 0.417. The Balaban J connectivity index is 1.83. The van der Waals surface area contributed by atoms with Gasteiger partial charge in [0.15, 0.2) is 0 Å². The maximum absolute atomic E-state index is 11.6. The van der Waals surface area contributed by atoms with E-state index < -0.39 is 11.9 Å². The lowest BCUT2D eigenvalue weighted by Gasteiger charge is -2.04. The number of aliphatic carboxylic acids is 1. The van der Waals surface area contributed by atoms with Crippen molar-refractivity contribution in [3.05, 3.63) is 29.6 Å². The Kier molecular flexibility index (Phi) is 3.08. The van der Waals surface area contributed by atoms with Crippen LogP contribution in [0.4, 0.5) is 0 Å². The second-order valence-corrected chi connectivity index (χ2v) is 4.28. The zero-order valence-electron chi connectivity index (χ0n) is 9.51. The fourth-order valence-corrected chi connectivity index (χ4v) is 1.76. The van der Waals surface area contributed by atoms with Crippen molar-refractivity contribution in [2.45, 2.75) is 19.9 Å². The van der Waals surface area contributed by atoms with Gasteiger partial charge in [0.05, 0.1) is 24.1 Å². The molecule has 0 bridgehead atoms. The normalized spacial score (nSPS) is 21.9. The number of carbonyl (C=O) groups excluding carboxylic acids is 1. The molecule has 5 heteroatoms. The third kappa shape index (κ3) is 2.81. The molecular weight excluding hydrogens is 220 g/mol. The molecule has 1 saturated carbocycles. The van der Waals surface area contributed by atoms with E-state index in [2.05, 4.69) is 10.3 Å². The fourth-order valence-electron chi connectivity index (χ4n) is 1.76. The van der Waals surface area contributed by atoms with Crippen molar-refractivity contribution in [2.24, 2.45) is 11.8 Å². The van der Waals surface area contributed by atoms with E-state index in [9.17, 15) is 9.59 Å². The van der Waals surface area contributed by atoms with Gasteiger partial charge in [0.25, 0.3) is 0 Å². The molecule has 0 spiro atoms. The molecular formula is C12H14N2O3. The van der Waals surface area contributed by atoms with E-state index in [0.29, 0.717) is 13.0 Å². The first-order valence-electron chi connectivity index (χ1n) is 5.51. The summed E-state index contributed by atoms with van der Waals surface area (Å²) in [5.41, 5.74) is 1.68. The zero-order valence-corrected chi connectivity index (χ0v) is 9.51. The highest BCUT2D eigenvalue weighted by atomic mass is 16.4. The molecule has 0 aromatic carbocycles. The number of pyridine rings is 1. The number of aromatic nitrogens is 1. The summed E-state index contributed by atoms with van der Waals surface area (Å²) < 4.78 is 0. The first-order chi connectivity index (χ1) is 8.08. The van der Waals surface area contributed by atoms with Crippen LogP contribution < -0.4 is 5.32 Å². The number of hydrogen-bond acceptors (Lipinski definition) is 3. The molecule has 17 heavy (non-hydrogen) atoms. The molecule has 0 radical (unpaired) electrons. The average molecular weight is 234 g/mol. The van der Waals surface area contributed by atoms with Crippen molar-refractivity contribution in [1.29, 1.82) is 0 Å². The van der Waals surface area contributed by atoms with Crippen molar-refractivity contribution < 1.29 is 14.7 Å². The summed E-state index contributed by atoms with van der Waals surface area (Å²) in [5, 5.41) is 11.4. The zero-order chi connectivity index (χ0) is 12.4. The summed E-state index contributed by atoms with van der Waals surface area (Å²) in [6.07, 6.45) is 0.447. The average Bonchev–Trinajstić information content (AvgIpc) is 3.06. The van der Waals surface area contributed by atoms with Crippen LogP contribution in [-0.2, 0) is 16.1 Å². The number of nitrogens with zero attached hydrogens (tertiary/aromatic N) is 1. The van der Waals surface area contributed by atoms with E-state index in [1.165, 1.54) is 0 Å². The SMILES string of the molecule is Cc1cccc(CNC(=O)C2CC2C(=O)O)n1. The Morgan fingerprint density at radius 1 is 1.47 bits per heavy atom. The highest BCUT2D eigenvalue weighted by Crippen LogP contribution is 2.38. The van der Waals surface area contributed by atoms with Gasteiger partial charge >= 0.3 is 5.97 Å². The number of carboxylic acid groups (broad SMARTS) is 1. The van der Waals surface area contributed by atoms with Crippen LogP contribution in [0.2, 0.25) is 0 Å². The van der Waals surface area contributed by atoms with Gasteiger partial charge in [0.1, 0.15) is 0 Å². The monoisotopic (exact) mass is 234 g/mol. The highest BCUT2D eigenvalue weighted by molar-refractivity contribution is 5.89. The maximum atomic E-state index is 11.6. The van der Waals surface area contributed by atoms with E-state index in [1.807, 2.05) is 25.1 Å². The summed E-state index contributed by atoms with van der Waals surface area (Å²) in [6, 6.07) is 5.59. The molecule has 1 fully saturated rings. The first-order valence-corrected chi connectivity index (χ1v) is 5.51. The molecule has 1 aromatic heterocycles. The highest BCUT2D eigenvalue weighted by Gasteiger charge is 2.48. The van der Waals surface area contributed by atoms with Crippen molar-refractivity contribution >= 4 is 11.9 Å². The van der Waals surface area contributed by atoms with Crippen molar-refractivity contribution in [1.82, 2.24) is 10.3 Å². The van der Waals surface area contributed by atoms with Gasteiger partial charge in [0, 0.05) is 5.69 Å². The summed E-state index contributed by atoms with van der Waals surface area (Å²) >= 11 is 0. The molecule has 1 aromatic rings. The van der Waals surface area contributed by atoms with Gasteiger partial charge in [-0.3, -0.25) is 14.6 Å². The number of nitrogens with one attached hydrogen (secondary N) is 1. The molecule has 0 saturated heterocycles. The summed E-state index contributed by atoms with van der Waals surface area (Å²) in [4.78, 5) is 26.4. The molecule has 1 heterocycles. The van der Waals surface area contributed by atoms with Crippen LogP contribution in [0.5, 0.6) is 0 Å². The Labute approximate surface area is 98.9 Å². The molecule has 5 nitrogen and oxygen atoms in total. The number of carboxylic acids is 1. The molecule has 2 rings (SSSR count). The van der Waals surface area contributed by atoms with Crippen LogP contribution in [0.3, 0.4) is 0 Å². The summed E-state index contributed by atoms with van der Waals surface area (Å²) in [6.45, 7) is 2.23. The number of amides is 1. The molecule has 0 aliphatic heterocycles. The van der Waals surface area contributed by atoms with Crippen molar-refractivity contribution in [3.8, 4) is 0 Å². The van der Waals surface area contributed by atoms with E-state index in [0.717, 1.165) is 11.4 Å². The van der Waals surface area contributed by atoms with Crippen molar-refractivity contribution in [2.75, 3.05) is 0 Å². The van der Waals surface area contributed by atoms with Gasteiger partial charge in [-0.2, -0.15) is 0 Å². The second kappa shape index (κ2) is 4.53. The number of rotatable bonds is 4. The van der Waals surface area contributed by atoms with Crippen LogP contribution in [0.15, 0.2) is 18.2 Å². The van der Waals surface area contributed by atoms with E-state index in [4.69, 9.17) is 5.11 Å². The third-order valence-corrected chi connectivity index (χ3v) is 2.83. The quantitative estimate of drug-likeness (QED) is 0.804. The minimum Gasteiger partial charge on any atom is -0.481 e. The van der Waals surface area contributed by atoms with E-state index in [-0.39, 0.29) is 11.8 Å². The van der Waals surface area contributed by atoms with E-state index >= 15 is 0 Å². The lowest BCUT2D eigenvalue weighted by molar-refractivity contribution is -0.140. The lowest BCUT2D eigenvalue weighted by atomic mass is 10.3. The topological polar surface area (TPSA) is 79.3 Å². The largest absolute Gasteiger partial charge is 0.481 e. The predicted molar refractivity (Wildman–Crippen MR) is 60.1 cm³/mol. The molecule has 2 atom stereocenters. The van der Waals surface area contributed by atoms with Crippen LogP contribution in [0.25, 0.3) is 0 Å². The Morgan fingerprint density at radius 3 is 2.82 bits per heavy atom. The predicted octanol–water partition coefficient (Wildman–Crippen LogP) is 0.727. The first kappa shape index (κ1) is 11.6. The van der Waals surface area contributed by atoms with Crippen molar-refractivity contribution in [3.63, 3.8) is 0 Å². The van der Waals surface area contributed by atoms with Gasteiger partial charge in [-0.15, -0.1) is 0 Å². The Morgan fingerprint density at radius 2 is 2.24 bits per heavy atom. The second-order valence-electron chi connectivity index (χ2n) is 4.28. The van der Waals surface area contributed by atoms with Gasteiger partial charge in [-0.1, -0.05) is 6.07 Å². The maximum Gasteiger partial charge on any atom is 0.307 e.